The van der Waals surface area contributed by atoms with Crippen LogP contribution in [0.4, 0.5) is 5.69 Å². The van der Waals surface area contributed by atoms with E-state index >= 15 is 0 Å². The summed E-state index contributed by atoms with van der Waals surface area (Å²) in [6, 6.07) is 11.9. The Hall–Kier alpha value is -2.57. The quantitative estimate of drug-likeness (QED) is 0.742. The van der Waals surface area contributed by atoms with E-state index in [4.69, 9.17) is 23.2 Å². The van der Waals surface area contributed by atoms with Crippen LogP contribution in [0.1, 0.15) is 5.56 Å². The van der Waals surface area contributed by atoms with E-state index in [0.717, 1.165) is 0 Å². The molecule has 122 valence electrons. The third kappa shape index (κ3) is 3.67. The van der Waals surface area contributed by atoms with Crippen LogP contribution in [0.2, 0.25) is 10.0 Å². The lowest BCUT2D eigenvalue weighted by Gasteiger charge is -2.08. The van der Waals surface area contributed by atoms with Gasteiger partial charge >= 0.3 is 5.76 Å². The predicted octanol–water partition coefficient (Wildman–Crippen LogP) is 3.52. The van der Waals surface area contributed by atoms with Gasteiger partial charge in [0.2, 0.25) is 5.91 Å². The molecule has 0 saturated carbocycles. The average molecular weight is 364 g/mol. The molecule has 0 atom stereocenters. The van der Waals surface area contributed by atoms with Crippen molar-refractivity contribution >= 4 is 34.8 Å². The van der Waals surface area contributed by atoms with Crippen molar-refractivity contribution in [1.29, 1.82) is 0 Å². The Morgan fingerprint density at radius 1 is 1.12 bits per heavy atom. The van der Waals surface area contributed by atoms with E-state index in [9.17, 15) is 9.59 Å². The Bertz CT molecular complexity index is 912. The second-order valence-corrected chi connectivity index (χ2v) is 5.76. The molecule has 1 amide bonds. The van der Waals surface area contributed by atoms with Crippen molar-refractivity contribution in [2.45, 2.75) is 6.42 Å². The number of rotatable bonds is 4. The molecule has 0 saturated heterocycles. The van der Waals surface area contributed by atoms with Gasteiger partial charge in [-0.1, -0.05) is 34.4 Å². The molecule has 0 bridgehead atoms. The van der Waals surface area contributed by atoms with Crippen molar-refractivity contribution in [3.63, 3.8) is 0 Å². The first-order valence-corrected chi connectivity index (χ1v) is 7.67. The van der Waals surface area contributed by atoms with Crippen molar-refractivity contribution < 1.29 is 9.32 Å². The van der Waals surface area contributed by atoms with E-state index in [0.29, 0.717) is 32.7 Å². The number of anilines is 1. The molecule has 1 heterocycles. The maximum atomic E-state index is 12.1. The number of carbonyl (C=O) groups is 1. The molecule has 1 aromatic heterocycles. The molecule has 0 aliphatic rings. The Kier molecular flexibility index (Phi) is 4.69. The monoisotopic (exact) mass is 363 g/mol. The van der Waals surface area contributed by atoms with Crippen molar-refractivity contribution in [3.8, 4) is 11.4 Å². The topological polar surface area (TPSA) is 88.0 Å². The van der Waals surface area contributed by atoms with Gasteiger partial charge in [-0.15, -0.1) is 0 Å². The number of aromatic amines is 1. The third-order valence-corrected chi connectivity index (χ3v) is 3.99. The van der Waals surface area contributed by atoms with Gasteiger partial charge < -0.3 is 5.32 Å². The molecule has 0 spiro atoms. The van der Waals surface area contributed by atoms with Gasteiger partial charge in [0.15, 0.2) is 5.82 Å². The molecule has 8 heteroatoms. The highest BCUT2D eigenvalue weighted by Gasteiger charge is 2.11. The number of H-pyrrole nitrogens is 1. The zero-order chi connectivity index (χ0) is 17.1. The summed E-state index contributed by atoms with van der Waals surface area (Å²) in [6.07, 6.45) is 0.0663. The van der Waals surface area contributed by atoms with E-state index in [-0.39, 0.29) is 12.3 Å². The second-order valence-electron chi connectivity index (χ2n) is 4.95. The second kappa shape index (κ2) is 6.90. The lowest BCUT2D eigenvalue weighted by atomic mass is 10.1. The molecule has 3 rings (SSSR count). The van der Waals surface area contributed by atoms with Crippen molar-refractivity contribution in [1.82, 2.24) is 10.1 Å². The summed E-state index contributed by atoms with van der Waals surface area (Å²) in [7, 11) is 0. The molecule has 24 heavy (non-hydrogen) atoms. The van der Waals surface area contributed by atoms with Crippen LogP contribution < -0.4 is 11.1 Å². The van der Waals surface area contributed by atoms with Crippen LogP contribution in [0.3, 0.4) is 0 Å². The minimum absolute atomic E-state index is 0.0663. The molecule has 0 aliphatic heterocycles. The molecule has 3 aromatic rings. The first-order valence-electron chi connectivity index (χ1n) is 6.92. The Morgan fingerprint density at radius 3 is 2.38 bits per heavy atom. The minimum atomic E-state index is -0.626. The Labute approximate surface area is 146 Å². The predicted molar refractivity (Wildman–Crippen MR) is 91.4 cm³/mol. The number of nitrogens with zero attached hydrogens (tertiary/aromatic N) is 1. The fraction of sp³-hybridized carbons (Fsp3) is 0.0625. The summed E-state index contributed by atoms with van der Waals surface area (Å²) in [6.45, 7) is 0. The van der Waals surface area contributed by atoms with Gasteiger partial charge in [-0.05, 0) is 42.0 Å². The fourth-order valence-electron chi connectivity index (χ4n) is 2.13. The molecule has 2 aromatic carbocycles. The third-order valence-electron chi connectivity index (χ3n) is 3.28. The summed E-state index contributed by atoms with van der Waals surface area (Å²) < 4.78 is 4.45. The van der Waals surface area contributed by atoms with Gasteiger partial charge in [0, 0.05) is 21.3 Å². The maximum absolute atomic E-state index is 12.1. The number of amides is 1. The maximum Gasteiger partial charge on any atom is 0.439 e. The number of halogens is 2. The number of hydrogen-bond acceptors (Lipinski definition) is 4. The van der Waals surface area contributed by atoms with E-state index < -0.39 is 5.76 Å². The summed E-state index contributed by atoms with van der Waals surface area (Å²) in [4.78, 5) is 25.5. The summed E-state index contributed by atoms with van der Waals surface area (Å²) in [5.74, 6) is -0.549. The van der Waals surface area contributed by atoms with E-state index in [1.54, 1.807) is 42.5 Å². The number of hydrogen-bond donors (Lipinski definition) is 2. The van der Waals surface area contributed by atoms with E-state index in [1.807, 2.05) is 0 Å². The smallest absolute Gasteiger partial charge is 0.326 e. The van der Waals surface area contributed by atoms with Gasteiger partial charge in [-0.2, -0.15) is 0 Å². The molecule has 6 nitrogen and oxygen atoms in total. The molecule has 0 unspecified atom stereocenters. The van der Waals surface area contributed by atoms with Crippen LogP contribution in [-0.4, -0.2) is 16.0 Å². The highest BCUT2D eigenvalue weighted by Crippen LogP contribution is 2.25. The van der Waals surface area contributed by atoms with Crippen LogP contribution in [0.25, 0.3) is 11.4 Å². The first-order chi connectivity index (χ1) is 11.5. The van der Waals surface area contributed by atoms with Gasteiger partial charge in [-0.25, -0.2) is 4.79 Å². The minimum Gasteiger partial charge on any atom is -0.326 e. The number of nitrogens with one attached hydrogen (secondary N) is 2. The van der Waals surface area contributed by atoms with Gasteiger partial charge in [-0.3, -0.25) is 14.3 Å². The summed E-state index contributed by atoms with van der Waals surface area (Å²) in [5.41, 5.74) is 1.83. The van der Waals surface area contributed by atoms with Crippen LogP contribution >= 0.6 is 23.2 Å². The highest BCUT2D eigenvalue weighted by atomic mass is 35.5. The van der Waals surface area contributed by atoms with Gasteiger partial charge in [0.1, 0.15) is 0 Å². The van der Waals surface area contributed by atoms with E-state index in [2.05, 4.69) is 20.0 Å². The summed E-state index contributed by atoms with van der Waals surface area (Å²) in [5, 5.41) is 7.24. The Morgan fingerprint density at radius 2 is 1.79 bits per heavy atom. The van der Waals surface area contributed by atoms with Crippen molar-refractivity contribution in [2.75, 3.05) is 5.32 Å². The normalized spacial score (nSPS) is 10.6. The molecule has 0 fully saturated rings. The zero-order valence-electron chi connectivity index (χ0n) is 12.2. The zero-order valence-corrected chi connectivity index (χ0v) is 13.7. The summed E-state index contributed by atoms with van der Waals surface area (Å²) >= 11 is 12.1. The molecule has 2 N–H and O–H groups in total. The lowest BCUT2D eigenvalue weighted by molar-refractivity contribution is -0.115. The van der Waals surface area contributed by atoms with Crippen LogP contribution in [0.15, 0.2) is 51.8 Å². The van der Waals surface area contributed by atoms with E-state index in [1.165, 1.54) is 0 Å². The largest absolute Gasteiger partial charge is 0.439 e. The molecular formula is C16H11Cl2N3O3. The SMILES string of the molecule is O=C(Cc1c(Cl)cccc1Cl)Nc1ccc(-c2noc(=O)[nH]2)cc1. The number of carbonyl (C=O) groups excluding carboxylic acids is 1. The van der Waals surface area contributed by atoms with Crippen molar-refractivity contribution in [2.24, 2.45) is 0 Å². The molecule has 0 aliphatic carbocycles. The number of aromatic nitrogens is 2. The van der Waals surface area contributed by atoms with Gasteiger partial charge in [0.05, 0.1) is 6.42 Å². The van der Waals surface area contributed by atoms with Crippen molar-refractivity contribution in [3.05, 3.63) is 68.6 Å². The number of benzene rings is 2. The van der Waals surface area contributed by atoms with Gasteiger partial charge in [0.25, 0.3) is 0 Å². The average Bonchev–Trinajstić information content (AvgIpc) is 2.98. The molecule has 0 radical (unpaired) electrons. The standard InChI is InChI=1S/C16H11Cl2N3O3/c17-12-2-1-3-13(18)11(12)8-14(22)19-10-6-4-9(5-7-10)15-20-16(23)24-21-15/h1-7H,8H2,(H,19,22)(H,20,21,23). The Balaban J connectivity index is 1.70. The van der Waals surface area contributed by atoms with Crippen LogP contribution in [-0.2, 0) is 11.2 Å². The molecular weight excluding hydrogens is 353 g/mol. The first kappa shape index (κ1) is 16.3. The fourth-order valence-corrected chi connectivity index (χ4v) is 2.66. The van der Waals surface area contributed by atoms with Crippen LogP contribution in [0, 0.1) is 0 Å². The highest BCUT2D eigenvalue weighted by molar-refractivity contribution is 6.36. The lowest BCUT2D eigenvalue weighted by Crippen LogP contribution is -2.14. The van der Waals surface area contributed by atoms with Crippen LogP contribution in [0.5, 0.6) is 0 Å².